The molecule has 2 unspecified atom stereocenters. The van der Waals surface area contributed by atoms with E-state index in [1.54, 1.807) is 0 Å². The van der Waals surface area contributed by atoms with Crippen LogP contribution in [0.3, 0.4) is 0 Å². The Hall–Kier alpha value is -7.49. The third kappa shape index (κ3) is 4.41. The first-order chi connectivity index (χ1) is 28.8. The number of nitrogens with zero attached hydrogens (tertiary/aromatic N) is 3. The molecule has 4 aliphatic rings. The van der Waals surface area contributed by atoms with Crippen LogP contribution in [0.1, 0.15) is 11.1 Å². The quantitative estimate of drug-likeness (QED) is 0.170. The lowest BCUT2D eigenvalue weighted by atomic mass is 9.61. The van der Waals surface area contributed by atoms with Crippen molar-refractivity contribution < 1.29 is 0 Å². The molecule has 3 aromatic heterocycles. The van der Waals surface area contributed by atoms with Crippen LogP contribution in [0.4, 0.5) is 0 Å². The molecule has 0 amide bonds. The zero-order valence-electron chi connectivity index (χ0n) is 31.4. The van der Waals surface area contributed by atoms with Crippen LogP contribution in [0.2, 0.25) is 0 Å². The highest BCUT2D eigenvalue weighted by Crippen LogP contribution is 2.54. The monoisotopic (exact) mass is 735 g/mol. The molecule has 3 heteroatoms. The molecule has 3 nitrogen and oxygen atoms in total. The molecule has 0 saturated heterocycles. The van der Waals surface area contributed by atoms with Gasteiger partial charge in [-0.05, 0) is 96.4 Å². The van der Waals surface area contributed by atoms with Gasteiger partial charge in [0.1, 0.15) is 0 Å². The van der Waals surface area contributed by atoms with Crippen LogP contribution in [0.5, 0.6) is 0 Å². The minimum absolute atomic E-state index is 0.213. The first-order valence-corrected chi connectivity index (χ1v) is 20.1. The van der Waals surface area contributed by atoms with Gasteiger partial charge in [-0.3, -0.25) is 9.97 Å². The van der Waals surface area contributed by atoms with Crippen LogP contribution in [-0.2, 0) is 0 Å². The lowest BCUT2D eigenvalue weighted by Crippen LogP contribution is -2.30. The molecule has 6 aromatic carbocycles. The maximum atomic E-state index is 5.47. The topological polar surface area (TPSA) is 38.7 Å². The van der Waals surface area contributed by atoms with Gasteiger partial charge in [0.2, 0.25) is 0 Å². The summed E-state index contributed by atoms with van der Waals surface area (Å²) in [6, 6.07) is 46.1. The van der Waals surface area contributed by atoms with Crippen LogP contribution in [0.15, 0.2) is 211 Å². The Bertz CT molecular complexity index is 3570. The third-order valence-electron chi connectivity index (χ3n) is 12.9. The van der Waals surface area contributed by atoms with E-state index in [1.807, 2.05) is 24.5 Å². The standard InChI is InChI=1S/C55H33N3/c1-3-15-41-38(13-1)39-14-2-4-16-42(39)52-51(41)46-17-5-6-19-48(46)58-53(52)35-11-7-10-34(30-35)37-24-20-32-23-27-44-40(25-21-33-22-26-43(37)49(32)50(33)44)47-31-36-12-8-28-56-54(36)55-45(47)18-9-29-57-55/h1-31,49-50H. The van der Waals surface area contributed by atoms with Gasteiger partial charge >= 0.3 is 0 Å². The highest BCUT2D eigenvalue weighted by molar-refractivity contribution is 6.33. The maximum Gasteiger partial charge on any atom is 0.0970 e. The Labute approximate surface area is 334 Å². The number of hydrogen-bond donors (Lipinski definition) is 0. The highest BCUT2D eigenvalue weighted by atomic mass is 14.7. The number of fused-ring (bicyclic) bond motifs is 11. The van der Waals surface area contributed by atoms with Crippen molar-refractivity contribution >= 4 is 76.2 Å². The summed E-state index contributed by atoms with van der Waals surface area (Å²) in [5.74, 6) is 0.426. The molecule has 2 atom stereocenters. The van der Waals surface area contributed by atoms with Crippen LogP contribution in [0, 0.1) is 11.8 Å². The minimum atomic E-state index is 0.213. The van der Waals surface area contributed by atoms with Crippen LogP contribution < -0.4 is 0 Å². The summed E-state index contributed by atoms with van der Waals surface area (Å²) in [5.41, 5.74) is 15.4. The predicted octanol–water partition coefficient (Wildman–Crippen LogP) is 13.5. The van der Waals surface area contributed by atoms with E-state index in [0.29, 0.717) is 0 Å². The number of allylic oxidation sites excluding steroid dienone is 14. The highest BCUT2D eigenvalue weighted by Gasteiger charge is 2.41. The summed E-state index contributed by atoms with van der Waals surface area (Å²) in [7, 11) is 0. The Kier molecular flexibility index (Phi) is 6.56. The number of benzene rings is 6. The molecular weight excluding hydrogens is 703 g/mol. The number of hydrogen-bond acceptors (Lipinski definition) is 3. The fourth-order valence-corrected chi connectivity index (χ4v) is 10.5. The zero-order valence-corrected chi connectivity index (χ0v) is 31.4. The molecule has 268 valence electrons. The van der Waals surface area contributed by atoms with E-state index in [4.69, 9.17) is 15.0 Å². The van der Waals surface area contributed by atoms with E-state index in [-0.39, 0.29) is 11.8 Å². The fraction of sp³-hybridized carbons (Fsp3) is 0.0364. The molecule has 3 heterocycles. The Morgan fingerprint density at radius 2 is 1.12 bits per heavy atom. The lowest BCUT2D eigenvalue weighted by Gasteiger charge is -2.42. The van der Waals surface area contributed by atoms with Gasteiger partial charge in [0.05, 0.1) is 22.2 Å². The molecule has 13 rings (SSSR count). The van der Waals surface area contributed by atoms with Crippen molar-refractivity contribution in [3.05, 3.63) is 222 Å². The summed E-state index contributed by atoms with van der Waals surface area (Å²) in [6.07, 6.45) is 22.5. The molecule has 4 aliphatic carbocycles. The van der Waals surface area contributed by atoms with Crippen molar-refractivity contribution in [1.29, 1.82) is 0 Å². The van der Waals surface area contributed by atoms with Crippen LogP contribution in [0.25, 0.3) is 87.4 Å². The number of aromatic nitrogens is 3. The predicted molar refractivity (Wildman–Crippen MR) is 241 cm³/mol. The normalized spacial score (nSPS) is 18.2. The average molecular weight is 736 g/mol. The Morgan fingerprint density at radius 1 is 0.448 bits per heavy atom. The number of para-hydroxylation sites is 1. The maximum absolute atomic E-state index is 5.47. The second-order valence-electron chi connectivity index (χ2n) is 15.8. The van der Waals surface area contributed by atoms with Crippen molar-refractivity contribution in [3.8, 4) is 11.3 Å². The molecule has 0 fully saturated rings. The van der Waals surface area contributed by atoms with E-state index in [2.05, 4.69) is 164 Å². The van der Waals surface area contributed by atoms with Crippen molar-refractivity contribution in [1.82, 2.24) is 15.0 Å². The van der Waals surface area contributed by atoms with Gasteiger partial charge in [-0.25, -0.2) is 4.98 Å². The third-order valence-corrected chi connectivity index (χ3v) is 12.9. The molecule has 0 bridgehead atoms. The molecule has 58 heavy (non-hydrogen) atoms. The van der Waals surface area contributed by atoms with Gasteiger partial charge in [-0.2, -0.15) is 0 Å². The summed E-state index contributed by atoms with van der Waals surface area (Å²) in [6.45, 7) is 0. The van der Waals surface area contributed by atoms with Crippen molar-refractivity contribution in [2.45, 2.75) is 0 Å². The van der Waals surface area contributed by atoms with Gasteiger partial charge < -0.3 is 0 Å². The summed E-state index contributed by atoms with van der Waals surface area (Å²) in [5, 5.41) is 10.9. The van der Waals surface area contributed by atoms with E-state index in [0.717, 1.165) is 38.6 Å². The first kappa shape index (κ1) is 31.7. The number of pyridine rings is 3. The van der Waals surface area contributed by atoms with Crippen LogP contribution in [-0.4, -0.2) is 15.0 Å². The second-order valence-corrected chi connectivity index (χ2v) is 15.8. The molecule has 0 spiro atoms. The van der Waals surface area contributed by atoms with Gasteiger partial charge in [0.25, 0.3) is 0 Å². The lowest BCUT2D eigenvalue weighted by molar-refractivity contribution is 0.569. The summed E-state index contributed by atoms with van der Waals surface area (Å²) in [4.78, 5) is 15.0. The van der Waals surface area contributed by atoms with E-state index >= 15 is 0 Å². The van der Waals surface area contributed by atoms with Gasteiger partial charge in [-0.1, -0.05) is 146 Å². The minimum Gasteiger partial charge on any atom is -0.254 e. The summed E-state index contributed by atoms with van der Waals surface area (Å²) < 4.78 is 0. The van der Waals surface area contributed by atoms with Crippen molar-refractivity contribution in [2.75, 3.05) is 0 Å². The van der Waals surface area contributed by atoms with E-state index in [9.17, 15) is 0 Å². The van der Waals surface area contributed by atoms with Gasteiger partial charge in [-0.15, -0.1) is 0 Å². The SMILES string of the molecule is C1=CC2=C(c3cccc(-c4nc5ccccc5c5c6ccccc6c6ccccc6c45)c3)C=CC3=CC=C4C(c5cc6cccnc6c6ncccc56)=CC=C1C4C32. The van der Waals surface area contributed by atoms with E-state index in [1.165, 1.54) is 82.3 Å². The molecule has 0 N–H and O–H groups in total. The molecule has 0 aliphatic heterocycles. The molecular formula is C55H33N3. The second kappa shape index (κ2) is 12.0. The molecule has 0 saturated carbocycles. The Morgan fingerprint density at radius 3 is 1.98 bits per heavy atom. The fourth-order valence-electron chi connectivity index (χ4n) is 10.5. The summed E-state index contributed by atoms with van der Waals surface area (Å²) >= 11 is 0. The van der Waals surface area contributed by atoms with Crippen molar-refractivity contribution in [3.63, 3.8) is 0 Å². The van der Waals surface area contributed by atoms with Crippen molar-refractivity contribution in [2.24, 2.45) is 11.8 Å². The average Bonchev–Trinajstić information content (AvgIpc) is 3.30. The van der Waals surface area contributed by atoms with E-state index < -0.39 is 0 Å². The smallest absolute Gasteiger partial charge is 0.0970 e. The van der Waals surface area contributed by atoms with Gasteiger partial charge in [0.15, 0.2) is 0 Å². The van der Waals surface area contributed by atoms with Crippen LogP contribution >= 0.6 is 0 Å². The first-order valence-electron chi connectivity index (χ1n) is 20.1. The molecule has 9 aromatic rings. The number of rotatable bonds is 3. The molecule has 0 radical (unpaired) electrons. The zero-order chi connectivity index (χ0) is 37.9. The Balaban J connectivity index is 0.982. The largest absolute Gasteiger partial charge is 0.254 e. The van der Waals surface area contributed by atoms with Gasteiger partial charge in [0, 0.05) is 56.7 Å².